The minimum absolute atomic E-state index is 0.0445. The third-order valence-corrected chi connectivity index (χ3v) is 6.73. The van der Waals surface area contributed by atoms with Gasteiger partial charge in [-0.05, 0) is 48.6 Å². The summed E-state index contributed by atoms with van der Waals surface area (Å²) in [5.41, 5.74) is 1.71. The van der Waals surface area contributed by atoms with E-state index in [4.69, 9.17) is 0 Å². The first-order valence-corrected chi connectivity index (χ1v) is 10.9. The maximum absolute atomic E-state index is 12.9. The SMILES string of the molecule is Cc1ccc(C(=O)NC(C(C)C)C(C)C)cc1N(C)S(=O)(=O)c1ccccc1. The number of amides is 1. The molecule has 2 aromatic rings. The van der Waals surface area contributed by atoms with Gasteiger partial charge in [-0.3, -0.25) is 9.10 Å². The molecular formula is C22H30N2O3S. The van der Waals surface area contributed by atoms with Crippen LogP contribution in [0.1, 0.15) is 43.6 Å². The minimum Gasteiger partial charge on any atom is -0.349 e. The highest BCUT2D eigenvalue weighted by Gasteiger charge is 2.24. The molecule has 6 heteroatoms. The first-order chi connectivity index (χ1) is 13.1. The summed E-state index contributed by atoms with van der Waals surface area (Å²) in [5.74, 6) is 0.407. The zero-order valence-corrected chi connectivity index (χ0v) is 18.2. The predicted octanol–water partition coefficient (Wildman–Crippen LogP) is 4.23. The van der Waals surface area contributed by atoms with Gasteiger partial charge in [-0.2, -0.15) is 0 Å². The lowest BCUT2D eigenvalue weighted by molar-refractivity contribution is 0.0910. The summed E-state index contributed by atoms with van der Waals surface area (Å²) in [6.45, 7) is 10.1. The summed E-state index contributed by atoms with van der Waals surface area (Å²) in [6, 6.07) is 13.5. The van der Waals surface area contributed by atoms with Gasteiger partial charge in [-0.25, -0.2) is 8.42 Å². The summed E-state index contributed by atoms with van der Waals surface area (Å²) in [6.07, 6.45) is 0. The Bertz CT molecular complexity index is 914. The van der Waals surface area contributed by atoms with Crippen molar-refractivity contribution in [3.05, 3.63) is 59.7 Å². The second kappa shape index (κ2) is 8.78. The molecule has 28 heavy (non-hydrogen) atoms. The van der Waals surface area contributed by atoms with E-state index in [1.807, 2.05) is 6.92 Å². The van der Waals surface area contributed by atoms with Crippen LogP contribution in [0.5, 0.6) is 0 Å². The molecule has 0 heterocycles. The number of nitrogens with zero attached hydrogens (tertiary/aromatic N) is 1. The van der Waals surface area contributed by atoms with Gasteiger partial charge in [0.25, 0.3) is 15.9 Å². The molecule has 0 spiro atoms. The third-order valence-electron chi connectivity index (χ3n) is 4.95. The Kier molecular flexibility index (Phi) is 6.88. The quantitative estimate of drug-likeness (QED) is 0.754. The molecule has 0 bridgehead atoms. The van der Waals surface area contributed by atoms with E-state index in [0.29, 0.717) is 23.1 Å². The number of nitrogens with one attached hydrogen (secondary N) is 1. The number of hydrogen-bond donors (Lipinski definition) is 1. The van der Waals surface area contributed by atoms with E-state index in [9.17, 15) is 13.2 Å². The molecular weight excluding hydrogens is 372 g/mol. The molecule has 0 unspecified atom stereocenters. The van der Waals surface area contributed by atoms with E-state index in [1.165, 1.54) is 11.4 Å². The molecule has 0 radical (unpaired) electrons. The maximum Gasteiger partial charge on any atom is 0.264 e. The Morgan fingerprint density at radius 3 is 2.07 bits per heavy atom. The van der Waals surface area contributed by atoms with E-state index >= 15 is 0 Å². The number of benzene rings is 2. The van der Waals surface area contributed by atoms with E-state index in [2.05, 4.69) is 33.0 Å². The normalized spacial score (nSPS) is 11.9. The van der Waals surface area contributed by atoms with Crippen molar-refractivity contribution in [3.8, 4) is 0 Å². The zero-order chi connectivity index (χ0) is 21.1. The van der Waals surface area contributed by atoms with E-state index in [1.54, 1.807) is 48.5 Å². The Balaban J connectivity index is 2.36. The summed E-state index contributed by atoms with van der Waals surface area (Å²) in [4.78, 5) is 13.0. The fraction of sp³-hybridized carbons (Fsp3) is 0.409. The summed E-state index contributed by atoms with van der Waals surface area (Å²) in [5, 5.41) is 3.08. The van der Waals surface area contributed by atoms with Crippen LogP contribution >= 0.6 is 0 Å². The van der Waals surface area contributed by atoms with Crippen molar-refractivity contribution < 1.29 is 13.2 Å². The largest absolute Gasteiger partial charge is 0.349 e. The minimum atomic E-state index is -3.71. The van der Waals surface area contributed by atoms with Crippen LogP contribution in [0.25, 0.3) is 0 Å². The van der Waals surface area contributed by atoms with Crippen molar-refractivity contribution in [2.24, 2.45) is 11.8 Å². The molecule has 0 saturated heterocycles. The monoisotopic (exact) mass is 402 g/mol. The van der Waals surface area contributed by atoms with Gasteiger partial charge in [0.2, 0.25) is 0 Å². The van der Waals surface area contributed by atoms with Crippen LogP contribution in [-0.4, -0.2) is 27.4 Å². The molecule has 0 aromatic heterocycles. The molecule has 0 saturated carbocycles. The molecule has 1 amide bonds. The second-order valence-corrected chi connectivity index (χ2v) is 9.74. The average molecular weight is 403 g/mol. The van der Waals surface area contributed by atoms with Crippen molar-refractivity contribution in [2.45, 2.75) is 45.6 Å². The second-order valence-electron chi connectivity index (χ2n) is 7.77. The van der Waals surface area contributed by atoms with E-state index in [0.717, 1.165) is 5.56 Å². The molecule has 152 valence electrons. The molecule has 5 nitrogen and oxygen atoms in total. The van der Waals surface area contributed by atoms with Crippen LogP contribution in [0.2, 0.25) is 0 Å². The van der Waals surface area contributed by atoms with Gasteiger partial charge in [0, 0.05) is 18.7 Å². The predicted molar refractivity (Wildman–Crippen MR) is 114 cm³/mol. The van der Waals surface area contributed by atoms with Crippen LogP contribution in [0.4, 0.5) is 5.69 Å². The van der Waals surface area contributed by atoms with Crippen LogP contribution in [-0.2, 0) is 10.0 Å². The lowest BCUT2D eigenvalue weighted by Crippen LogP contribution is -2.42. The Labute approximate surface area is 168 Å². The Hall–Kier alpha value is -2.34. The van der Waals surface area contributed by atoms with Gasteiger partial charge in [0.15, 0.2) is 0 Å². The first kappa shape index (κ1) is 22.0. The molecule has 0 fully saturated rings. The zero-order valence-electron chi connectivity index (χ0n) is 17.4. The molecule has 0 aliphatic heterocycles. The number of aryl methyl sites for hydroxylation is 1. The Morgan fingerprint density at radius 2 is 1.54 bits per heavy atom. The molecule has 2 aromatic carbocycles. The van der Waals surface area contributed by atoms with E-state index < -0.39 is 10.0 Å². The van der Waals surface area contributed by atoms with Crippen molar-refractivity contribution in [3.63, 3.8) is 0 Å². The lowest BCUT2D eigenvalue weighted by Gasteiger charge is -2.26. The van der Waals surface area contributed by atoms with E-state index in [-0.39, 0.29) is 16.8 Å². The maximum atomic E-state index is 12.9. The van der Waals surface area contributed by atoms with Gasteiger partial charge in [-0.15, -0.1) is 0 Å². The molecule has 0 aliphatic rings. The van der Waals surface area contributed by atoms with Crippen molar-refractivity contribution in [2.75, 3.05) is 11.4 Å². The highest BCUT2D eigenvalue weighted by Crippen LogP contribution is 2.26. The summed E-state index contributed by atoms with van der Waals surface area (Å²) >= 11 is 0. The summed E-state index contributed by atoms with van der Waals surface area (Å²) < 4.78 is 27.1. The Morgan fingerprint density at radius 1 is 0.964 bits per heavy atom. The van der Waals surface area contributed by atoms with Gasteiger partial charge in [-0.1, -0.05) is 52.0 Å². The molecule has 0 atom stereocenters. The summed E-state index contributed by atoms with van der Waals surface area (Å²) in [7, 11) is -2.19. The fourth-order valence-corrected chi connectivity index (χ4v) is 4.58. The number of hydrogen-bond acceptors (Lipinski definition) is 3. The highest BCUT2D eigenvalue weighted by atomic mass is 32.2. The van der Waals surface area contributed by atoms with Crippen molar-refractivity contribution >= 4 is 21.6 Å². The highest BCUT2D eigenvalue weighted by molar-refractivity contribution is 7.92. The molecule has 1 N–H and O–H groups in total. The standard InChI is InChI=1S/C22H30N2O3S/c1-15(2)21(16(3)4)23-22(25)18-13-12-17(5)20(14-18)24(6)28(26,27)19-10-8-7-9-11-19/h7-16,21H,1-6H3,(H,23,25). The fourth-order valence-electron chi connectivity index (χ4n) is 3.31. The number of sulfonamides is 1. The van der Waals surface area contributed by atoms with Crippen molar-refractivity contribution in [1.82, 2.24) is 5.32 Å². The van der Waals surface area contributed by atoms with Gasteiger partial charge < -0.3 is 5.32 Å². The van der Waals surface area contributed by atoms with Crippen LogP contribution in [0.15, 0.2) is 53.4 Å². The number of carbonyl (C=O) groups is 1. The van der Waals surface area contributed by atoms with Crippen LogP contribution in [0.3, 0.4) is 0 Å². The average Bonchev–Trinajstić information content (AvgIpc) is 2.65. The number of anilines is 1. The topological polar surface area (TPSA) is 66.5 Å². The van der Waals surface area contributed by atoms with Crippen LogP contribution in [0, 0.1) is 18.8 Å². The van der Waals surface area contributed by atoms with Gasteiger partial charge in [0.05, 0.1) is 10.6 Å². The number of rotatable bonds is 7. The number of carbonyl (C=O) groups excluding carboxylic acids is 1. The smallest absolute Gasteiger partial charge is 0.264 e. The van der Waals surface area contributed by atoms with Gasteiger partial charge >= 0.3 is 0 Å². The van der Waals surface area contributed by atoms with Crippen molar-refractivity contribution in [1.29, 1.82) is 0 Å². The molecule has 0 aliphatic carbocycles. The third kappa shape index (κ3) is 4.73. The molecule has 2 rings (SSSR count). The van der Waals surface area contributed by atoms with Gasteiger partial charge in [0.1, 0.15) is 0 Å². The van der Waals surface area contributed by atoms with Crippen LogP contribution < -0.4 is 9.62 Å². The lowest BCUT2D eigenvalue weighted by atomic mass is 9.93. The first-order valence-electron chi connectivity index (χ1n) is 9.51.